The van der Waals surface area contributed by atoms with Crippen LogP contribution in [0, 0.1) is 5.92 Å². The summed E-state index contributed by atoms with van der Waals surface area (Å²) in [6.07, 6.45) is 6.16. The summed E-state index contributed by atoms with van der Waals surface area (Å²) in [5, 5.41) is 0.949. The summed E-state index contributed by atoms with van der Waals surface area (Å²) in [5.41, 5.74) is 2.49. The number of likely N-dealkylation sites (tertiary alicyclic amines) is 1. The van der Waals surface area contributed by atoms with Gasteiger partial charge in [-0.2, -0.15) is 0 Å². The summed E-state index contributed by atoms with van der Waals surface area (Å²) < 4.78 is 12.3. The predicted octanol–water partition coefficient (Wildman–Crippen LogP) is 3.75. The van der Waals surface area contributed by atoms with Crippen LogP contribution in [0.4, 0.5) is 11.8 Å². The van der Waals surface area contributed by atoms with Crippen molar-refractivity contribution in [2.75, 3.05) is 69.3 Å². The summed E-state index contributed by atoms with van der Waals surface area (Å²) >= 11 is 0. The molecule has 10 heteroatoms. The number of anilines is 2. The number of rotatable bonds is 9. The number of fused-ring (bicyclic) bond motifs is 1. The van der Waals surface area contributed by atoms with E-state index in [0.717, 1.165) is 72.8 Å². The van der Waals surface area contributed by atoms with Crippen molar-refractivity contribution in [1.82, 2.24) is 24.8 Å². The van der Waals surface area contributed by atoms with Crippen LogP contribution in [0.3, 0.4) is 0 Å². The van der Waals surface area contributed by atoms with Crippen molar-refractivity contribution in [1.29, 1.82) is 0 Å². The van der Waals surface area contributed by atoms with Gasteiger partial charge in [-0.3, -0.25) is 9.78 Å². The molecule has 42 heavy (non-hydrogen) atoms. The van der Waals surface area contributed by atoms with Crippen LogP contribution in [0.25, 0.3) is 10.9 Å². The lowest BCUT2D eigenvalue weighted by Gasteiger charge is -2.36. The largest absolute Gasteiger partial charge is 0.490 e. The van der Waals surface area contributed by atoms with E-state index in [1.54, 1.807) is 12.5 Å². The number of hydrogen-bond donors (Lipinski definition) is 1. The van der Waals surface area contributed by atoms with Crippen molar-refractivity contribution in [2.45, 2.75) is 26.2 Å². The lowest BCUT2D eigenvalue weighted by atomic mass is 9.98. The quantitative estimate of drug-likeness (QED) is 0.323. The third kappa shape index (κ3) is 6.33. The summed E-state index contributed by atoms with van der Waals surface area (Å²) in [5.74, 6) is 3.49. The monoisotopic (exact) mass is 569 g/mol. The molecule has 10 nitrogen and oxygen atoms in total. The topological polar surface area (TPSA) is 99.7 Å². The Morgan fingerprint density at radius 3 is 2.38 bits per heavy atom. The van der Waals surface area contributed by atoms with Gasteiger partial charge in [-0.05, 0) is 57.5 Å². The van der Waals surface area contributed by atoms with Crippen LogP contribution >= 0.6 is 0 Å². The summed E-state index contributed by atoms with van der Waals surface area (Å²) in [6.45, 7) is 8.32. The molecule has 0 unspecified atom stereocenters. The highest BCUT2D eigenvalue weighted by Crippen LogP contribution is 2.36. The van der Waals surface area contributed by atoms with Gasteiger partial charge in [0.2, 0.25) is 5.95 Å². The first-order valence-corrected chi connectivity index (χ1v) is 14.9. The number of piperazine rings is 1. The second-order valence-electron chi connectivity index (χ2n) is 11.2. The van der Waals surface area contributed by atoms with Crippen molar-refractivity contribution in [2.24, 2.45) is 5.92 Å². The van der Waals surface area contributed by atoms with Gasteiger partial charge in [0.25, 0.3) is 5.56 Å². The smallest absolute Gasteiger partial charge is 0.255 e. The number of benzene rings is 2. The minimum atomic E-state index is -0.0917. The molecule has 0 saturated carbocycles. The molecule has 2 saturated heterocycles. The molecule has 4 aromatic rings. The molecular weight excluding hydrogens is 530 g/mol. The molecule has 4 heterocycles. The van der Waals surface area contributed by atoms with E-state index in [0.29, 0.717) is 50.2 Å². The molecule has 0 atom stereocenters. The Morgan fingerprint density at radius 1 is 0.905 bits per heavy atom. The van der Waals surface area contributed by atoms with Gasteiger partial charge in [-0.15, -0.1) is 0 Å². The van der Waals surface area contributed by atoms with E-state index in [4.69, 9.17) is 9.47 Å². The van der Waals surface area contributed by atoms with Gasteiger partial charge in [-0.25, -0.2) is 15.0 Å². The van der Waals surface area contributed by atoms with E-state index in [2.05, 4.69) is 41.7 Å². The van der Waals surface area contributed by atoms with E-state index in [9.17, 15) is 4.79 Å². The number of piperidine rings is 1. The Labute approximate surface area is 246 Å². The Morgan fingerprint density at radius 2 is 1.64 bits per heavy atom. The summed E-state index contributed by atoms with van der Waals surface area (Å²) in [6, 6.07) is 14.0. The Bertz CT molecular complexity index is 1550. The van der Waals surface area contributed by atoms with Crippen LogP contribution < -0.4 is 24.8 Å². The Balaban J connectivity index is 1.16. The fourth-order valence-corrected chi connectivity index (χ4v) is 5.76. The number of aromatic nitrogens is 4. The maximum absolute atomic E-state index is 12.8. The van der Waals surface area contributed by atoms with E-state index in [1.807, 2.05) is 49.4 Å². The highest BCUT2D eigenvalue weighted by Gasteiger charge is 2.24. The second kappa shape index (κ2) is 12.8. The molecule has 2 fully saturated rings. The molecule has 0 aliphatic carbocycles. The minimum absolute atomic E-state index is 0.0917. The van der Waals surface area contributed by atoms with Gasteiger partial charge >= 0.3 is 0 Å². The van der Waals surface area contributed by atoms with Crippen LogP contribution in [0.2, 0.25) is 0 Å². The van der Waals surface area contributed by atoms with Gasteiger partial charge in [0.1, 0.15) is 12.1 Å². The van der Waals surface area contributed by atoms with Crippen molar-refractivity contribution in [3.8, 4) is 11.5 Å². The van der Waals surface area contributed by atoms with Gasteiger partial charge < -0.3 is 24.2 Å². The third-order valence-corrected chi connectivity index (χ3v) is 8.27. The predicted molar refractivity (Wildman–Crippen MR) is 165 cm³/mol. The van der Waals surface area contributed by atoms with Crippen LogP contribution in [0.5, 0.6) is 11.5 Å². The molecule has 0 bridgehead atoms. The second-order valence-corrected chi connectivity index (χ2v) is 11.2. The first-order chi connectivity index (χ1) is 20.6. The third-order valence-electron chi connectivity index (χ3n) is 8.27. The van der Waals surface area contributed by atoms with Crippen molar-refractivity contribution >= 4 is 22.7 Å². The zero-order valence-electron chi connectivity index (χ0n) is 24.5. The van der Waals surface area contributed by atoms with Crippen LogP contribution in [-0.4, -0.2) is 84.4 Å². The zero-order chi connectivity index (χ0) is 28.9. The number of ether oxygens (including phenoxy) is 2. The molecule has 2 aliphatic rings. The van der Waals surface area contributed by atoms with Gasteiger partial charge in [0.05, 0.1) is 18.7 Å². The van der Waals surface area contributed by atoms with Crippen LogP contribution in [-0.2, 0) is 6.42 Å². The average Bonchev–Trinajstić information content (AvgIpc) is 3.02. The first kappa shape index (κ1) is 28.0. The average molecular weight is 570 g/mol. The number of aromatic amines is 1. The molecule has 6 rings (SSSR count). The molecule has 2 aliphatic heterocycles. The fraction of sp³-hybridized carbons (Fsp3) is 0.438. The molecule has 220 valence electrons. The van der Waals surface area contributed by atoms with Crippen molar-refractivity contribution in [3.63, 3.8) is 0 Å². The normalized spacial score (nSPS) is 16.6. The SMILES string of the molecule is CCOc1cc2ncnc(N3CCN(c4ncc(Cc5ccccc5)c(=O)[nH]4)CC3)c2cc1OCC1CCN(C)CC1. The van der Waals surface area contributed by atoms with Crippen molar-refractivity contribution in [3.05, 3.63) is 76.5 Å². The van der Waals surface area contributed by atoms with Crippen LogP contribution in [0.15, 0.2) is 59.8 Å². The fourth-order valence-electron chi connectivity index (χ4n) is 5.76. The van der Waals surface area contributed by atoms with Gasteiger partial charge in [-0.1, -0.05) is 30.3 Å². The highest BCUT2D eigenvalue weighted by molar-refractivity contribution is 5.92. The van der Waals surface area contributed by atoms with Gasteiger partial charge in [0.15, 0.2) is 11.5 Å². The molecule has 0 amide bonds. The zero-order valence-corrected chi connectivity index (χ0v) is 24.5. The molecule has 0 radical (unpaired) electrons. The molecule has 2 aromatic heterocycles. The highest BCUT2D eigenvalue weighted by atomic mass is 16.5. The Hall–Kier alpha value is -4.18. The van der Waals surface area contributed by atoms with Crippen LogP contribution in [0.1, 0.15) is 30.9 Å². The van der Waals surface area contributed by atoms with E-state index < -0.39 is 0 Å². The summed E-state index contributed by atoms with van der Waals surface area (Å²) in [7, 11) is 2.17. The van der Waals surface area contributed by atoms with E-state index >= 15 is 0 Å². The molecular formula is C32H39N7O3. The molecule has 2 aromatic carbocycles. The maximum atomic E-state index is 12.8. The van der Waals surface area contributed by atoms with Gasteiger partial charge in [0, 0.05) is 55.8 Å². The van der Waals surface area contributed by atoms with E-state index in [1.165, 1.54) is 0 Å². The lowest BCUT2D eigenvalue weighted by Crippen LogP contribution is -2.47. The molecule has 0 spiro atoms. The Kier molecular flexibility index (Phi) is 8.50. The maximum Gasteiger partial charge on any atom is 0.255 e. The first-order valence-electron chi connectivity index (χ1n) is 14.9. The lowest BCUT2D eigenvalue weighted by molar-refractivity contribution is 0.156. The number of nitrogens with zero attached hydrogens (tertiary/aromatic N) is 6. The summed E-state index contributed by atoms with van der Waals surface area (Å²) in [4.78, 5) is 36.4. The number of hydrogen-bond acceptors (Lipinski definition) is 9. The minimum Gasteiger partial charge on any atom is -0.490 e. The van der Waals surface area contributed by atoms with E-state index in [-0.39, 0.29) is 5.56 Å². The molecule has 1 N–H and O–H groups in total. The number of nitrogens with one attached hydrogen (secondary N) is 1. The standard InChI is InChI=1S/C32H39N7O3/c1-3-41-29-19-27-26(18-28(29)42-21-24-9-11-37(2)12-10-24)30(35-22-34-27)38-13-15-39(16-14-38)32-33-20-25(31(40)36-32)17-23-7-5-4-6-8-23/h4-8,18-20,22,24H,3,9-17,21H2,1-2H3,(H,33,36,40). The van der Waals surface area contributed by atoms with Crippen molar-refractivity contribution < 1.29 is 9.47 Å². The number of H-pyrrole nitrogens is 1.